The van der Waals surface area contributed by atoms with E-state index >= 15 is 0 Å². The first-order valence-electron chi connectivity index (χ1n) is 5.38. The second kappa shape index (κ2) is 6.65. The van der Waals surface area contributed by atoms with Gasteiger partial charge in [-0.1, -0.05) is 6.92 Å². The van der Waals surface area contributed by atoms with Gasteiger partial charge in [-0.2, -0.15) is 8.78 Å². The zero-order valence-electron chi connectivity index (χ0n) is 10.1. The molecule has 0 radical (unpaired) electrons. The van der Waals surface area contributed by atoms with Crippen molar-refractivity contribution in [3.05, 3.63) is 15.8 Å². The first-order chi connectivity index (χ1) is 8.43. The lowest BCUT2D eigenvalue weighted by atomic mass is 10.2. The van der Waals surface area contributed by atoms with Gasteiger partial charge in [0.05, 0.1) is 0 Å². The molecule has 0 aliphatic carbocycles. The van der Waals surface area contributed by atoms with E-state index in [9.17, 15) is 13.6 Å². The second-order valence-corrected chi connectivity index (χ2v) is 5.18. The summed E-state index contributed by atoms with van der Waals surface area (Å²) in [5.41, 5.74) is 0. The molecule has 0 saturated heterocycles. The molecule has 0 fully saturated rings. The number of thiophene rings is 1. The lowest BCUT2D eigenvalue weighted by Gasteiger charge is -2.10. The van der Waals surface area contributed by atoms with Crippen LogP contribution in [0.2, 0.25) is 0 Å². The van der Waals surface area contributed by atoms with Crippen LogP contribution < -0.4 is 10.1 Å². The molecular weight excluding hydrogens is 264 g/mol. The third-order valence-corrected chi connectivity index (χ3v) is 3.20. The molecule has 0 bridgehead atoms. The average Bonchev–Trinajstić information content (AvgIpc) is 2.65. The van der Waals surface area contributed by atoms with Crippen LogP contribution in [0.25, 0.3) is 0 Å². The van der Waals surface area contributed by atoms with Gasteiger partial charge in [-0.3, -0.25) is 4.79 Å². The summed E-state index contributed by atoms with van der Waals surface area (Å²) in [4.78, 5) is 12.6. The third-order valence-electron chi connectivity index (χ3n) is 2.17. The van der Waals surface area contributed by atoms with Gasteiger partial charge in [-0.25, -0.2) is 0 Å². The van der Waals surface area contributed by atoms with Crippen molar-refractivity contribution in [2.75, 3.05) is 13.2 Å². The van der Waals surface area contributed by atoms with Crippen LogP contribution in [-0.2, 0) is 0 Å². The van der Waals surface area contributed by atoms with Gasteiger partial charge in [0.1, 0.15) is 10.6 Å². The Hall–Kier alpha value is -1.21. The minimum absolute atomic E-state index is 0.0514. The van der Waals surface area contributed by atoms with E-state index in [2.05, 4.69) is 10.1 Å². The minimum atomic E-state index is -2.96. The average molecular weight is 279 g/mol. The van der Waals surface area contributed by atoms with Gasteiger partial charge in [-0.05, 0) is 18.9 Å². The molecule has 0 aliphatic rings. The molecule has 102 valence electrons. The van der Waals surface area contributed by atoms with E-state index in [1.165, 1.54) is 6.07 Å². The number of carbonyl (C=O) groups excluding carboxylic acids is 1. The van der Waals surface area contributed by atoms with Gasteiger partial charge in [0.25, 0.3) is 5.91 Å². The Balaban J connectivity index is 2.72. The largest absolute Gasteiger partial charge is 0.433 e. The van der Waals surface area contributed by atoms with Crippen molar-refractivity contribution in [3.8, 4) is 5.75 Å². The molecule has 0 aliphatic heterocycles. The summed E-state index contributed by atoms with van der Waals surface area (Å²) in [7, 11) is 0. The lowest BCUT2D eigenvalue weighted by Crippen LogP contribution is -2.29. The van der Waals surface area contributed by atoms with E-state index in [0.29, 0.717) is 4.88 Å². The molecule has 1 amide bonds. The quantitative estimate of drug-likeness (QED) is 0.837. The molecule has 1 rings (SSSR count). The van der Waals surface area contributed by atoms with Crippen molar-refractivity contribution in [2.24, 2.45) is 5.92 Å². The first-order valence-corrected chi connectivity index (χ1v) is 6.20. The number of hydrogen-bond acceptors (Lipinski definition) is 4. The number of amides is 1. The Bertz CT molecular complexity index is 409. The van der Waals surface area contributed by atoms with Gasteiger partial charge in [0.2, 0.25) is 0 Å². The molecule has 1 unspecified atom stereocenters. The van der Waals surface area contributed by atoms with Crippen molar-refractivity contribution in [2.45, 2.75) is 20.5 Å². The molecule has 4 nitrogen and oxygen atoms in total. The fourth-order valence-corrected chi connectivity index (χ4v) is 2.10. The Morgan fingerprint density at radius 2 is 2.28 bits per heavy atom. The van der Waals surface area contributed by atoms with E-state index in [1.54, 1.807) is 13.8 Å². The van der Waals surface area contributed by atoms with Gasteiger partial charge < -0.3 is 15.2 Å². The monoisotopic (exact) mass is 279 g/mol. The Labute approximate surface area is 108 Å². The number of hydrogen-bond donors (Lipinski definition) is 2. The molecule has 1 aromatic heterocycles. The summed E-state index contributed by atoms with van der Waals surface area (Å²) in [6.45, 7) is 0.735. The SMILES string of the molecule is Cc1cc(OC(F)F)c(C(=O)NCC(C)CO)s1. The highest BCUT2D eigenvalue weighted by atomic mass is 32.1. The van der Waals surface area contributed by atoms with Crippen molar-refractivity contribution in [3.63, 3.8) is 0 Å². The molecule has 1 atom stereocenters. The summed E-state index contributed by atoms with van der Waals surface area (Å²) in [5, 5.41) is 11.4. The molecule has 1 heterocycles. The normalized spacial score (nSPS) is 12.6. The molecule has 2 N–H and O–H groups in total. The Kier molecular flexibility index (Phi) is 5.49. The first kappa shape index (κ1) is 14.8. The van der Waals surface area contributed by atoms with E-state index in [1.807, 2.05) is 0 Å². The van der Waals surface area contributed by atoms with Gasteiger partial charge >= 0.3 is 6.61 Å². The van der Waals surface area contributed by atoms with Gasteiger partial charge in [0, 0.05) is 18.0 Å². The van der Waals surface area contributed by atoms with E-state index in [-0.39, 0.29) is 29.7 Å². The Morgan fingerprint density at radius 3 is 2.83 bits per heavy atom. The van der Waals surface area contributed by atoms with Crippen LogP contribution in [0.3, 0.4) is 0 Å². The molecular formula is C11H15F2NO3S. The van der Waals surface area contributed by atoms with Crippen molar-refractivity contribution < 1.29 is 23.4 Å². The number of nitrogens with one attached hydrogen (secondary N) is 1. The van der Waals surface area contributed by atoms with Crippen molar-refractivity contribution in [1.82, 2.24) is 5.32 Å². The number of ether oxygens (including phenoxy) is 1. The molecule has 18 heavy (non-hydrogen) atoms. The maximum absolute atomic E-state index is 12.2. The number of alkyl halides is 2. The molecule has 7 heteroatoms. The predicted molar refractivity (Wildman–Crippen MR) is 64.3 cm³/mol. The highest BCUT2D eigenvalue weighted by Gasteiger charge is 2.19. The number of rotatable bonds is 6. The number of aliphatic hydroxyl groups is 1. The molecule has 0 saturated carbocycles. The van der Waals surface area contributed by atoms with Crippen LogP contribution in [0, 0.1) is 12.8 Å². The lowest BCUT2D eigenvalue weighted by molar-refractivity contribution is -0.0498. The molecule has 0 aromatic carbocycles. The van der Waals surface area contributed by atoms with E-state index in [4.69, 9.17) is 5.11 Å². The topological polar surface area (TPSA) is 58.6 Å². The predicted octanol–water partition coefficient (Wildman–Crippen LogP) is 2.02. The fraction of sp³-hybridized carbons (Fsp3) is 0.545. The zero-order valence-corrected chi connectivity index (χ0v) is 10.9. The van der Waals surface area contributed by atoms with Gasteiger partial charge in [0.15, 0.2) is 0 Å². The number of halogens is 2. The van der Waals surface area contributed by atoms with Crippen molar-refractivity contribution >= 4 is 17.2 Å². The minimum Gasteiger partial charge on any atom is -0.433 e. The summed E-state index contributed by atoms with van der Waals surface area (Å²) < 4.78 is 28.6. The van der Waals surface area contributed by atoms with Crippen LogP contribution in [0.15, 0.2) is 6.07 Å². The summed E-state index contributed by atoms with van der Waals surface area (Å²) in [6.07, 6.45) is 0. The highest BCUT2D eigenvalue weighted by molar-refractivity contribution is 7.14. The van der Waals surface area contributed by atoms with Crippen LogP contribution in [0.5, 0.6) is 5.75 Å². The number of aliphatic hydroxyl groups excluding tert-OH is 1. The number of aryl methyl sites for hydroxylation is 1. The fourth-order valence-electron chi connectivity index (χ4n) is 1.24. The van der Waals surface area contributed by atoms with E-state index in [0.717, 1.165) is 11.3 Å². The zero-order chi connectivity index (χ0) is 13.7. The van der Waals surface area contributed by atoms with E-state index < -0.39 is 12.5 Å². The highest BCUT2D eigenvalue weighted by Crippen LogP contribution is 2.30. The third kappa shape index (κ3) is 4.23. The smallest absolute Gasteiger partial charge is 0.387 e. The van der Waals surface area contributed by atoms with Crippen LogP contribution in [-0.4, -0.2) is 30.8 Å². The maximum Gasteiger partial charge on any atom is 0.387 e. The van der Waals surface area contributed by atoms with Crippen LogP contribution in [0.4, 0.5) is 8.78 Å². The second-order valence-electron chi connectivity index (χ2n) is 3.93. The summed E-state index contributed by atoms with van der Waals surface area (Å²) >= 11 is 1.09. The number of carbonyl (C=O) groups is 1. The molecule has 0 spiro atoms. The van der Waals surface area contributed by atoms with Crippen LogP contribution in [0.1, 0.15) is 21.5 Å². The standard InChI is InChI=1S/C11H15F2NO3S/c1-6(5-15)4-14-10(16)9-8(17-11(12)13)3-7(2)18-9/h3,6,11,15H,4-5H2,1-2H3,(H,14,16). The van der Waals surface area contributed by atoms with Gasteiger partial charge in [-0.15, -0.1) is 11.3 Å². The molecule has 1 aromatic rings. The summed E-state index contributed by atoms with van der Waals surface area (Å²) in [5.74, 6) is -0.667. The summed E-state index contributed by atoms with van der Waals surface area (Å²) in [6, 6.07) is 1.40. The van der Waals surface area contributed by atoms with Crippen molar-refractivity contribution in [1.29, 1.82) is 0 Å². The maximum atomic E-state index is 12.2. The van der Waals surface area contributed by atoms with Crippen LogP contribution >= 0.6 is 11.3 Å². The Morgan fingerprint density at radius 1 is 1.61 bits per heavy atom.